The van der Waals surface area contributed by atoms with Gasteiger partial charge in [-0.1, -0.05) is 0 Å². The van der Waals surface area contributed by atoms with Crippen LogP contribution >= 0.6 is 17.0 Å². The Bertz CT molecular complexity index is 157. The van der Waals surface area contributed by atoms with Crippen molar-refractivity contribution < 1.29 is 26.0 Å². The molecular weight excluding hydrogens is 250 g/mol. The van der Waals surface area contributed by atoms with Crippen molar-refractivity contribution in [3.8, 4) is 5.75 Å². The first kappa shape index (κ1) is 10.5. The van der Waals surface area contributed by atoms with Crippen molar-refractivity contribution in [1.82, 2.24) is 0 Å². The number of phenols is 1. The van der Waals surface area contributed by atoms with E-state index < -0.39 is 20.8 Å². The summed E-state index contributed by atoms with van der Waals surface area (Å²) in [5, 5.41) is 8.58. The van der Waals surface area contributed by atoms with E-state index in [1.807, 2.05) is 0 Å². The molecule has 0 atom stereocenters. The van der Waals surface area contributed by atoms with E-state index in [2.05, 4.69) is 6.07 Å². The first-order valence-electron chi connectivity index (χ1n) is 2.43. The summed E-state index contributed by atoms with van der Waals surface area (Å²) < 4.78 is 0. The zero-order chi connectivity index (χ0) is 7.82. The molecule has 0 bridgehead atoms. The standard InChI is InChI=1S/C6H5O.2ClH.Zr/c7-6-4-2-1-3-5-6;;;/h1-4,7H;2*1H;/q-1;;;+2/p-2. The Labute approximate surface area is 78.6 Å². The van der Waals surface area contributed by atoms with Gasteiger partial charge < -0.3 is 5.11 Å². The van der Waals surface area contributed by atoms with Gasteiger partial charge in [0.25, 0.3) is 0 Å². The van der Waals surface area contributed by atoms with Crippen LogP contribution in [0.25, 0.3) is 0 Å². The topological polar surface area (TPSA) is 20.2 Å². The van der Waals surface area contributed by atoms with E-state index in [1.165, 1.54) is 0 Å². The molecule has 0 unspecified atom stereocenters. The van der Waals surface area contributed by atoms with Crippen LogP contribution in [0.15, 0.2) is 24.3 Å². The summed E-state index contributed by atoms with van der Waals surface area (Å²) in [4.78, 5) is 0. The SMILES string of the molecule is Oc1[c-]cccc1.[Cl][Zr][Cl]. The molecule has 10 heavy (non-hydrogen) atoms. The molecule has 0 aromatic heterocycles. The van der Waals surface area contributed by atoms with Crippen LogP contribution in [0.1, 0.15) is 0 Å². The van der Waals surface area contributed by atoms with Gasteiger partial charge in [-0.25, -0.2) is 0 Å². The number of phenolic OH excluding ortho intramolecular Hbond substituents is 1. The first-order chi connectivity index (χ1) is 4.81. The second-order valence-electron chi connectivity index (χ2n) is 1.32. The van der Waals surface area contributed by atoms with Crippen LogP contribution in [0.4, 0.5) is 0 Å². The average Bonchev–Trinajstić information content (AvgIpc) is 1.91. The van der Waals surface area contributed by atoms with Crippen molar-refractivity contribution in [2.75, 3.05) is 0 Å². The first-order valence-corrected chi connectivity index (χ1v) is 8.76. The molecule has 0 radical (unpaired) electrons. The number of rotatable bonds is 0. The molecule has 0 aliphatic heterocycles. The second-order valence-corrected chi connectivity index (χ2v) is 5.05. The Morgan fingerprint density at radius 2 is 2.00 bits per heavy atom. The van der Waals surface area contributed by atoms with E-state index in [4.69, 9.17) is 22.1 Å². The molecule has 0 aliphatic carbocycles. The summed E-state index contributed by atoms with van der Waals surface area (Å²) in [6.45, 7) is 0. The maximum atomic E-state index is 8.58. The van der Waals surface area contributed by atoms with Gasteiger partial charge in [0, 0.05) is 5.75 Å². The Morgan fingerprint density at radius 3 is 2.20 bits per heavy atom. The van der Waals surface area contributed by atoms with Crippen molar-refractivity contribution >= 4 is 17.0 Å². The van der Waals surface area contributed by atoms with Crippen LogP contribution in [-0.4, -0.2) is 5.11 Å². The third kappa shape index (κ3) is 6.60. The summed E-state index contributed by atoms with van der Waals surface area (Å²) >= 11 is -0.826. The molecule has 0 saturated heterocycles. The van der Waals surface area contributed by atoms with Crippen LogP contribution in [0.3, 0.4) is 0 Å². The minimum atomic E-state index is -0.826. The molecule has 0 fully saturated rings. The molecule has 1 N–H and O–H groups in total. The van der Waals surface area contributed by atoms with E-state index in [9.17, 15) is 0 Å². The van der Waals surface area contributed by atoms with Gasteiger partial charge >= 0.3 is 37.9 Å². The second kappa shape index (κ2) is 7.59. The number of aromatic hydroxyl groups is 1. The molecule has 0 aliphatic rings. The van der Waals surface area contributed by atoms with E-state index in [-0.39, 0.29) is 5.75 Å². The van der Waals surface area contributed by atoms with Crippen molar-refractivity contribution in [2.45, 2.75) is 0 Å². The molecular formula is C6H5Cl2OZr-. The van der Waals surface area contributed by atoms with Gasteiger partial charge in [0.15, 0.2) is 0 Å². The summed E-state index contributed by atoms with van der Waals surface area (Å²) in [5.41, 5.74) is 0. The molecule has 0 amide bonds. The Kier molecular flexibility index (Phi) is 7.96. The fourth-order valence-electron chi connectivity index (χ4n) is 0.384. The van der Waals surface area contributed by atoms with Crippen LogP contribution in [-0.2, 0) is 20.8 Å². The van der Waals surface area contributed by atoms with Crippen molar-refractivity contribution in [3.63, 3.8) is 0 Å². The number of para-hydroxylation sites is 1. The Balaban J connectivity index is 0.000000236. The molecule has 1 rings (SSSR count). The van der Waals surface area contributed by atoms with Crippen LogP contribution < -0.4 is 0 Å². The molecule has 0 spiro atoms. The van der Waals surface area contributed by atoms with Crippen LogP contribution in [0, 0.1) is 6.07 Å². The molecule has 54 valence electrons. The van der Waals surface area contributed by atoms with Crippen LogP contribution in [0.5, 0.6) is 5.75 Å². The van der Waals surface area contributed by atoms with Gasteiger partial charge in [0.05, 0.1) is 0 Å². The Morgan fingerprint density at radius 1 is 1.40 bits per heavy atom. The number of benzene rings is 1. The number of hydrogen-bond donors (Lipinski definition) is 1. The molecule has 4 heteroatoms. The van der Waals surface area contributed by atoms with E-state index >= 15 is 0 Å². The molecule has 1 nitrogen and oxygen atoms in total. The molecule has 0 saturated carbocycles. The Hall–Kier alpha value is 0.483. The summed E-state index contributed by atoms with van der Waals surface area (Å²) in [7, 11) is 9.87. The predicted octanol–water partition coefficient (Wildman–Crippen LogP) is 2.57. The summed E-state index contributed by atoms with van der Waals surface area (Å²) in [6.07, 6.45) is 0. The van der Waals surface area contributed by atoms with E-state index in [0.29, 0.717) is 0 Å². The minimum absolute atomic E-state index is 0.197. The molecule has 1 aromatic rings. The number of hydrogen-bond acceptors (Lipinski definition) is 1. The quantitative estimate of drug-likeness (QED) is 0.706. The monoisotopic (exact) mass is 253 g/mol. The van der Waals surface area contributed by atoms with Gasteiger partial charge in [-0.3, -0.25) is 0 Å². The third-order valence-electron chi connectivity index (χ3n) is 0.693. The molecule has 1 aromatic carbocycles. The van der Waals surface area contributed by atoms with Crippen molar-refractivity contribution in [1.29, 1.82) is 0 Å². The molecule has 0 heterocycles. The van der Waals surface area contributed by atoms with E-state index in [1.54, 1.807) is 24.3 Å². The van der Waals surface area contributed by atoms with Gasteiger partial charge in [0.1, 0.15) is 0 Å². The fraction of sp³-hybridized carbons (Fsp3) is 0. The third-order valence-corrected chi connectivity index (χ3v) is 0.693. The van der Waals surface area contributed by atoms with Gasteiger partial charge in [-0.15, -0.1) is 12.1 Å². The van der Waals surface area contributed by atoms with E-state index in [0.717, 1.165) is 0 Å². The van der Waals surface area contributed by atoms with Crippen LogP contribution in [0.2, 0.25) is 0 Å². The normalized spacial score (nSPS) is 7.40. The zero-order valence-electron chi connectivity index (χ0n) is 5.01. The number of halogens is 2. The van der Waals surface area contributed by atoms with Crippen molar-refractivity contribution in [2.24, 2.45) is 0 Å². The van der Waals surface area contributed by atoms with Gasteiger partial charge in [0.2, 0.25) is 0 Å². The summed E-state index contributed by atoms with van der Waals surface area (Å²) in [5.74, 6) is 0.197. The predicted molar refractivity (Wildman–Crippen MR) is 38.6 cm³/mol. The summed E-state index contributed by atoms with van der Waals surface area (Å²) in [6, 6.07) is 9.39. The van der Waals surface area contributed by atoms with Crippen molar-refractivity contribution in [3.05, 3.63) is 30.3 Å². The average molecular weight is 255 g/mol. The zero-order valence-corrected chi connectivity index (χ0v) is 8.98. The fourth-order valence-corrected chi connectivity index (χ4v) is 0.384. The maximum absolute atomic E-state index is 8.58. The van der Waals surface area contributed by atoms with Gasteiger partial charge in [-0.2, -0.15) is 18.2 Å². The van der Waals surface area contributed by atoms with Gasteiger partial charge in [-0.05, 0) is 0 Å².